The van der Waals surface area contributed by atoms with E-state index in [0.717, 1.165) is 12.8 Å². The Morgan fingerprint density at radius 2 is 2.38 bits per heavy atom. The van der Waals surface area contributed by atoms with E-state index in [1.807, 2.05) is 0 Å². The molecule has 1 aliphatic heterocycles. The maximum Gasteiger partial charge on any atom is 0.358 e. The molecule has 0 spiro atoms. The van der Waals surface area contributed by atoms with Crippen LogP contribution in [-0.4, -0.2) is 28.1 Å². The summed E-state index contributed by atoms with van der Waals surface area (Å²) in [5.74, 6) is -0.406. The van der Waals surface area contributed by atoms with Crippen LogP contribution in [0.2, 0.25) is 0 Å². The number of rotatable bonds is 2. The Morgan fingerprint density at radius 3 is 3.12 bits per heavy atom. The number of aryl methyl sites for hydroxylation is 1. The average Bonchev–Trinajstić information content (AvgIpc) is 2.62. The zero-order valence-electron chi connectivity index (χ0n) is 9.23. The summed E-state index contributed by atoms with van der Waals surface area (Å²) in [7, 11) is 0. The smallest absolute Gasteiger partial charge is 0.358 e. The van der Waals surface area contributed by atoms with Crippen molar-refractivity contribution < 1.29 is 14.3 Å². The van der Waals surface area contributed by atoms with Crippen molar-refractivity contribution in [3.63, 3.8) is 0 Å². The molecule has 1 aliphatic rings. The van der Waals surface area contributed by atoms with Gasteiger partial charge in [-0.05, 0) is 19.8 Å². The Hall–Kier alpha value is -1.65. The number of hydrogen-bond acceptors (Lipinski definition) is 4. The molecule has 5 heteroatoms. The number of hydrogen-bond donors (Lipinski definition) is 0. The van der Waals surface area contributed by atoms with Crippen LogP contribution in [0.3, 0.4) is 0 Å². The van der Waals surface area contributed by atoms with Crippen molar-refractivity contribution >= 4 is 11.8 Å². The van der Waals surface area contributed by atoms with Gasteiger partial charge in [-0.15, -0.1) is 0 Å². The molecule has 0 saturated carbocycles. The lowest BCUT2D eigenvalue weighted by molar-refractivity contribution is 0.0518. The van der Waals surface area contributed by atoms with Gasteiger partial charge in [0.05, 0.1) is 6.61 Å². The topological polar surface area (TPSA) is 61.2 Å². The molecule has 1 aromatic heterocycles. The number of carbonyl (C=O) groups excluding carboxylic acids is 2. The normalized spacial score (nSPS) is 15.4. The van der Waals surface area contributed by atoms with Gasteiger partial charge in [0, 0.05) is 19.0 Å². The summed E-state index contributed by atoms with van der Waals surface area (Å²) in [6.45, 7) is 2.75. The summed E-state index contributed by atoms with van der Waals surface area (Å²) in [6.07, 6.45) is 2.34. The SMILES string of the molecule is CCOC(=O)c1cc2n(n1)CCCCC2=O. The summed E-state index contributed by atoms with van der Waals surface area (Å²) in [6, 6.07) is 1.53. The fraction of sp³-hybridized carbons (Fsp3) is 0.545. The summed E-state index contributed by atoms with van der Waals surface area (Å²) < 4.78 is 6.46. The largest absolute Gasteiger partial charge is 0.461 e. The number of nitrogens with zero attached hydrogens (tertiary/aromatic N) is 2. The lowest BCUT2D eigenvalue weighted by Gasteiger charge is -1.99. The standard InChI is InChI=1S/C11H14N2O3/c1-2-16-11(15)8-7-9-10(14)5-3-4-6-13(9)12-8/h7H,2-6H2,1H3. The zero-order valence-corrected chi connectivity index (χ0v) is 9.23. The average molecular weight is 222 g/mol. The third-order valence-corrected chi connectivity index (χ3v) is 2.57. The Kier molecular flexibility index (Phi) is 3.03. The van der Waals surface area contributed by atoms with E-state index in [1.54, 1.807) is 11.6 Å². The molecule has 0 radical (unpaired) electrons. The highest BCUT2D eigenvalue weighted by atomic mass is 16.5. The van der Waals surface area contributed by atoms with Crippen LogP contribution in [0.4, 0.5) is 0 Å². The minimum absolute atomic E-state index is 0.0561. The van der Waals surface area contributed by atoms with Crippen LogP contribution in [-0.2, 0) is 11.3 Å². The van der Waals surface area contributed by atoms with Crippen molar-refractivity contribution in [2.75, 3.05) is 6.61 Å². The van der Waals surface area contributed by atoms with Crippen LogP contribution < -0.4 is 0 Å². The predicted molar refractivity (Wildman–Crippen MR) is 56.4 cm³/mol. The molecule has 2 rings (SSSR count). The number of Topliss-reactive ketones (excluding diaryl/α,β-unsaturated/α-hetero) is 1. The van der Waals surface area contributed by atoms with Crippen LogP contribution in [0, 0.1) is 0 Å². The molecular formula is C11H14N2O3. The number of esters is 1. The summed E-state index contributed by atoms with van der Waals surface area (Å²) in [5.41, 5.74) is 0.757. The molecule has 86 valence electrons. The van der Waals surface area contributed by atoms with Crippen molar-refractivity contribution in [3.05, 3.63) is 17.5 Å². The minimum Gasteiger partial charge on any atom is -0.461 e. The van der Waals surface area contributed by atoms with Crippen LogP contribution in [0.25, 0.3) is 0 Å². The summed E-state index contributed by atoms with van der Waals surface area (Å²) >= 11 is 0. The molecule has 0 atom stereocenters. The first-order chi connectivity index (χ1) is 7.72. The minimum atomic E-state index is -0.462. The molecule has 1 aromatic rings. The number of aromatic nitrogens is 2. The van der Waals surface area contributed by atoms with Gasteiger partial charge in [0.15, 0.2) is 11.5 Å². The second-order valence-corrected chi connectivity index (χ2v) is 3.74. The molecule has 0 N–H and O–H groups in total. The predicted octanol–water partition coefficient (Wildman–Crippen LogP) is 1.43. The highest BCUT2D eigenvalue weighted by molar-refractivity contribution is 5.97. The molecule has 2 heterocycles. The van der Waals surface area contributed by atoms with Crippen molar-refractivity contribution in [3.8, 4) is 0 Å². The zero-order chi connectivity index (χ0) is 11.5. The molecule has 0 unspecified atom stereocenters. The van der Waals surface area contributed by atoms with Crippen LogP contribution in [0.1, 0.15) is 47.2 Å². The van der Waals surface area contributed by atoms with E-state index in [-0.39, 0.29) is 11.5 Å². The van der Waals surface area contributed by atoms with E-state index >= 15 is 0 Å². The van der Waals surface area contributed by atoms with E-state index < -0.39 is 5.97 Å². The van der Waals surface area contributed by atoms with Gasteiger partial charge in [-0.1, -0.05) is 0 Å². The lowest BCUT2D eigenvalue weighted by atomic mass is 10.1. The fourth-order valence-corrected chi connectivity index (χ4v) is 1.79. The van der Waals surface area contributed by atoms with Crippen LogP contribution in [0.15, 0.2) is 6.07 Å². The summed E-state index contributed by atoms with van der Waals surface area (Å²) in [4.78, 5) is 23.1. The van der Waals surface area contributed by atoms with Gasteiger partial charge in [-0.2, -0.15) is 5.10 Å². The van der Waals surface area contributed by atoms with Gasteiger partial charge in [0.25, 0.3) is 0 Å². The molecule has 0 aliphatic carbocycles. The monoisotopic (exact) mass is 222 g/mol. The maximum absolute atomic E-state index is 11.7. The lowest BCUT2D eigenvalue weighted by Crippen LogP contribution is -2.08. The molecule has 0 bridgehead atoms. The van der Waals surface area contributed by atoms with Gasteiger partial charge in [-0.3, -0.25) is 9.48 Å². The number of ether oxygens (including phenoxy) is 1. The molecule has 0 saturated heterocycles. The summed E-state index contributed by atoms with van der Waals surface area (Å²) in [5, 5.41) is 4.10. The molecule has 16 heavy (non-hydrogen) atoms. The van der Waals surface area contributed by atoms with Gasteiger partial charge < -0.3 is 4.74 Å². The first-order valence-electron chi connectivity index (χ1n) is 5.50. The number of carbonyl (C=O) groups is 2. The van der Waals surface area contributed by atoms with Crippen LogP contribution >= 0.6 is 0 Å². The van der Waals surface area contributed by atoms with Crippen molar-refractivity contribution in [2.45, 2.75) is 32.7 Å². The molecule has 0 aromatic carbocycles. The number of fused-ring (bicyclic) bond motifs is 1. The molecular weight excluding hydrogens is 208 g/mol. The van der Waals surface area contributed by atoms with E-state index in [1.165, 1.54) is 6.07 Å². The highest BCUT2D eigenvalue weighted by Gasteiger charge is 2.21. The van der Waals surface area contributed by atoms with Crippen molar-refractivity contribution in [1.29, 1.82) is 0 Å². The first-order valence-corrected chi connectivity index (χ1v) is 5.50. The van der Waals surface area contributed by atoms with Gasteiger partial charge in [0.1, 0.15) is 5.69 Å². The van der Waals surface area contributed by atoms with Gasteiger partial charge in [-0.25, -0.2) is 4.79 Å². The molecule has 5 nitrogen and oxygen atoms in total. The van der Waals surface area contributed by atoms with E-state index in [9.17, 15) is 9.59 Å². The Labute approximate surface area is 93.4 Å². The fourth-order valence-electron chi connectivity index (χ4n) is 1.79. The first kappa shape index (κ1) is 10.9. The third-order valence-electron chi connectivity index (χ3n) is 2.57. The highest BCUT2D eigenvalue weighted by Crippen LogP contribution is 2.15. The van der Waals surface area contributed by atoms with Gasteiger partial charge >= 0.3 is 5.97 Å². The quantitative estimate of drug-likeness (QED) is 0.710. The Morgan fingerprint density at radius 1 is 1.56 bits per heavy atom. The molecule has 0 fully saturated rings. The van der Waals surface area contributed by atoms with E-state index in [4.69, 9.17) is 4.74 Å². The second-order valence-electron chi connectivity index (χ2n) is 3.74. The second kappa shape index (κ2) is 4.47. The van der Waals surface area contributed by atoms with Crippen LogP contribution in [0.5, 0.6) is 0 Å². The Balaban J connectivity index is 2.29. The Bertz CT molecular complexity index is 423. The van der Waals surface area contributed by atoms with E-state index in [0.29, 0.717) is 25.3 Å². The maximum atomic E-state index is 11.7. The van der Waals surface area contributed by atoms with E-state index in [2.05, 4.69) is 5.10 Å². The van der Waals surface area contributed by atoms with Crippen molar-refractivity contribution in [1.82, 2.24) is 9.78 Å². The van der Waals surface area contributed by atoms with Gasteiger partial charge in [0.2, 0.25) is 0 Å². The number of ketones is 1. The molecule has 0 amide bonds. The van der Waals surface area contributed by atoms with Crippen molar-refractivity contribution in [2.24, 2.45) is 0 Å². The third kappa shape index (κ3) is 1.98.